The van der Waals surface area contributed by atoms with E-state index in [2.05, 4.69) is 34.3 Å². The van der Waals surface area contributed by atoms with E-state index in [0.29, 0.717) is 12.1 Å². The number of pyridine rings is 1. The van der Waals surface area contributed by atoms with E-state index in [1.165, 1.54) is 5.56 Å². The Hall–Kier alpha value is -2.36. The monoisotopic (exact) mass is 269 g/mol. The number of nitrogens with zero attached hydrogens (tertiary/aromatic N) is 2. The second-order valence-electron chi connectivity index (χ2n) is 4.95. The van der Waals surface area contributed by atoms with Crippen molar-refractivity contribution in [1.82, 2.24) is 10.3 Å². The number of hydrogen-bond donors (Lipinski definition) is 1. The van der Waals surface area contributed by atoms with Gasteiger partial charge in [0, 0.05) is 38.7 Å². The van der Waals surface area contributed by atoms with E-state index in [0.717, 1.165) is 11.3 Å². The Morgan fingerprint density at radius 1 is 1.30 bits per heavy atom. The van der Waals surface area contributed by atoms with Gasteiger partial charge in [0.25, 0.3) is 5.91 Å². The van der Waals surface area contributed by atoms with Crippen LogP contribution in [-0.2, 0) is 6.54 Å². The molecule has 0 unspecified atom stereocenters. The molecule has 1 N–H and O–H groups in total. The molecule has 0 aliphatic rings. The van der Waals surface area contributed by atoms with Gasteiger partial charge in [-0.1, -0.05) is 12.1 Å². The summed E-state index contributed by atoms with van der Waals surface area (Å²) in [6.45, 7) is 2.56. The van der Waals surface area contributed by atoms with Crippen molar-refractivity contribution in [2.45, 2.75) is 13.5 Å². The molecular formula is C16H19N3O. The van der Waals surface area contributed by atoms with E-state index < -0.39 is 0 Å². The van der Waals surface area contributed by atoms with E-state index in [9.17, 15) is 4.79 Å². The fourth-order valence-electron chi connectivity index (χ4n) is 2.01. The lowest BCUT2D eigenvalue weighted by Gasteiger charge is -2.18. The lowest BCUT2D eigenvalue weighted by Crippen LogP contribution is -2.24. The number of hydrogen-bond acceptors (Lipinski definition) is 3. The maximum atomic E-state index is 12.0. The molecule has 1 aromatic heterocycles. The van der Waals surface area contributed by atoms with E-state index in [4.69, 9.17) is 0 Å². The number of amides is 1. The molecule has 0 radical (unpaired) electrons. The van der Waals surface area contributed by atoms with E-state index in [1.807, 2.05) is 20.2 Å². The molecule has 0 atom stereocenters. The summed E-state index contributed by atoms with van der Waals surface area (Å²) in [4.78, 5) is 18.0. The molecule has 0 aliphatic heterocycles. The number of aryl methyl sites for hydroxylation is 1. The van der Waals surface area contributed by atoms with Gasteiger partial charge in [0.15, 0.2) is 0 Å². The Morgan fingerprint density at radius 2 is 2.10 bits per heavy atom. The van der Waals surface area contributed by atoms with Crippen LogP contribution in [0.25, 0.3) is 0 Å². The van der Waals surface area contributed by atoms with Crippen LogP contribution in [0.15, 0.2) is 42.7 Å². The van der Waals surface area contributed by atoms with E-state index in [-0.39, 0.29) is 5.91 Å². The number of carbonyl (C=O) groups excluding carboxylic acids is 1. The summed E-state index contributed by atoms with van der Waals surface area (Å²) in [6.07, 6.45) is 3.22. The Kier molecular flexibility index (Phi) is 4.35. The summed E-state index contributed by atoms with van der Waals surface area (Å²) < 4.78 is 0. The van der Waals surface area contributed by atoms with Crippen molar-refractivity contribution in [2.75, 3.05) is 19.0 Å². The highest BCUT2D eigenvalue weighted by Gasteiger charge is 2.08. The highest BCUT2D eigenvalue weighted by molar-refractivity contribution is 5.93. The number of carbonyl (C=O) groups is 1. The summed E-state index contributed by atoms with van der Waals surface area (Å²) in [5.41, 5.74) is 4.00. The third kappa shape index (κ3) is 3.35. The zero-order chi connectivity index (χ0) is 14.5. The number of aromatic nitrogens is 1. The standard InChI is InChI=1S/C16H19N3O/c1-12-6-7-13(15(9-12)19(2)3)11-18-16(20)14-5-4-8-17-10-14/h4-10H,11H2,1-3H3,(H,18,20). The first kappa shape index (κ1) is 14.1. The van der Waals surface area contributed by atoms with Gasteiger partial charge in [0.1, 0.15) is 0 Å². The fraction of sp³-hybridized carbons (Fsp3) is 0.250. The summed E-state index contributed by atoms with van der Waals surface area (Å²) >= 11 is 0. The summed E-state index contributed by atoms with van der Waals surface area (Å²) in [6, 6.07) is 9.73. The Bertz CT molecular complexity index is 594. The SMILES string of the molecule is Cc1ccc(CNC(=O)c2cccnc2)c(N(C)C)c1. The second kappa shape index (κ2) is 6.19. The Labute approximate surface area is 119 Å². The lowest BCUT2D eigenvalue weighted by atomic mass is 10.1. The Morgan fingerprint density at radius 3 is 2.75 bits per heavy atom. The molecule has 4 nitrogen and oxygen atoms in total. The predicted molar refractivity (Wildman–Crippen MR) is 80.9 cm³/mol. The van der Waals surface area contributed by atoms with Crippen molar-refractivity contribution < 1.29 is 4.79 Å². The quantitative estimate of drug-likeness (QED) is 0.927. The highest BCUT2D eigenvalue weighted by Crippen LogP contribution is 2.20. The van der Waals surface area contributed by atoms with Crippen molar-refractivity contribution >= 4 is 11.6 Å². The van der Waals surface area contributed by atoms with Gasteiger partial charge in [-0.25, -0.2) is 0 Å². The normalized spacial score (nSPS) is 10.2. The predicted octanol–water partition coefficient (Wildman–Crippen LogP) is 2.39. The average molecular weight is 269 g/mol. The van der Waals surface area contributed by atoms with Crippen molar-refractivity contribution in [3.05, 3.63) is 59.4 Å². The van der Waals surface area contributed by atoms with Crippen LogP contribution in [0.4, 0.5) is 5.69 Å². The molecule has 1 heterocycles. The minimum Gasteiger partial charge on any atom is -0.377 e. The minimum absolute atomic E-state index is 0.108. The van der Waals surface area contributed by atoms with Gasteiger partial charge in [-0.2, -0.15) is 0 Å². The molecule has 0 spiro atoms. The van der Waals surface area contributed by atoms with Crippen molar-refractivity contribution in [3.8, 4) is 0 Å². The molecule has 0 saturated heterocycles. The average Bonchev–Trinajstić information content (AvgIpc) is 2.46. The van der Waals surface area contributed by atoms with Gasteiger partial charge in [-0.3, -0.25) is 9.78 Å². The molecule has 2 rings (SSSR count). The molecule has 2 aromatic rings. The molecule has 1 aromatic carbocycles. The van der Waals surface area contributed by atoms with E-state index in [1.54, 1.807) is 24.5 Å². The molecule has 0 bridgehead atoms. The molecule has 0 fully saturated rings. The molecular weight excluding hydrogens is 250 g/mol. The first-order valence-corrected chi connectivity index (χ1v) is 6.53. The molecule has 0 aliphatic carbocycles. The molecule has 20 heavy (non-hydrogen) atoms. The highest BCUT2D eigenvalue weighted by atomic mass is 16.1. The second-order valence-corrected chi connectivity index (χ2v) is 4.95. The number of anilines is 1. The smallest absolute Gasteiger partial charge is 0.253 e. The van der Waals surface area contributed by atoms with Crippen molar-refractivity contribution in [1.29, 1.82) is 0 Å². The third-order valence-corrected chi connectivity index (χ3v) is 3.09. The minimum atomic E-state index is -0.108. The van der Waals surface area contributed by atoms with Crippen LogP contribution in [0.3, 0.4) is 0 Å². The van der Waals surface area contributed by atoms with Crippen LogP contribution in [0.5, 0.6) is 0 Å². The maximum absolute atomic E-state index is 12.0. The number of nitrogens with one attached hydrogen (secondary N) is 1. The zero-order valence-electron chi connectivity index (χ0n) is 12.1. The van der Waals surface area contributed by atoms with Crippen LogP contribution in [0, 0.1) is 6.92 Å². The van der Waals surface area contributed by atoms with Crippen LogP contribution < -0.4 is 10.2 Å². The zero-order valence-corrected chi connectivity index (χ0v) is 12.1. The Balaban J connectivity index is 2.10. The number of benzene rings is 1. The topological polar surface area (TPSA) is 45.2 Å². The van der Waals surface area contributed by atoms with Gasteiger partial charge >= 0.3 is 0 Å². The molecule has 4 heteroatoms. The van der Waals surface area contributed by atoms with Gasteiger partial charge in [-0.15, -0.1) is 0 Å². The van der Waals surface area contributed by atoms with E-state index >= 15 is 0 Å². The van der Waals surface area contributed by atoms with Crippen LogP contribution in [-0.4, -0.2) is 25.0 Å². The van der Waals surface area contributed by atoms with Crippen molar-refractivity contribution in [3.63, 3.8) is 0 Å². The van der Waals surface area contributed by atoms with Crippen molar-refractivity contribution in [2.24, 2.45) is 0 Å². The van der Waals surface area contributed by atoms with Crippen LogP contribution >= 0.6 is 0 Å². The van der Waals surface area contributed by atoms with Gasteiger partial charge in [0.05, 0.1) is 5.56 Å². The first-order chi connectivity index (χ1) is 9.58. The van der Waals surface area contributed by atoms with Gasteiger partial charge in [0.2, 0.25) is 0 Å². The maximum Gasteiger partial charge on any atom is 0.253 e. The van der Waals surface area contributed by atoms with Crippen LogP contribution in [0.1, 0.15) is 21.5 Å². The summed E-state index contributed by atoms with van der Waals surface area (Å²) in [5, 5.41) is 2.92. The third-order valence-electron chi connectivity index (χ3n) is 3.09. The summed E-state index contributed by atoms with van der Waals surface area (Å²) in [7, 11) is 4.00. The molecule has 0 saturated carbocycles. The number of rotatable bonds is 4. The van der Waals surface area contributed by atoms with Gasteiger partial charge < -0.3 is 10.2 Å². The van der Waals surface area contributed by atoms with Crippen LogP contribution in [0.2, 0.25) is 0 Å². The summed E-state index contributed by atoms with van der Waals surface area (Å²) in [5.74, 6) is -0.108. The molecule has 104 valence electrons. The first-order valence-electron chi connectivity index (χ1n) is 6.53. The fourth-order valence-corrected chi connectivity index (χ4v) is 2.01. The lowest BCUT2D eigenvalue weighted by molar-refractivity contribution is 0.0950. The van der Waals surface area contributed by atoms with Gasteiger partial charge in [-0.05, 0) is 36.2 Å². The molecule has 1 amide bonds. The largest absolute Gasteiger partial charge is 0.377 e.